The van der Waals surface area contributed by atoms with Gasteiger partial charge in [0.25, 0.3) is 0 Å². The molecule has 5 aliphatic rings. The van der Waals surface area contributed by atoms with E-state index in [1.165, 1.54) is 19.3 Å². The Balaban J connectivity index is 1.35. The number of nitrogens with zero attached hydrogens (tertiary/aromatic N) is 1. The second kappa shape index (κ2) is 9.82. The summed E-state index contributed by atoms with van der Waals surface area (Å²) in [6.45, 7) is 11.4. The van der Waals surface area contributed by atoms with E-state index in [0.29, 0.717) is 47.8 Å². The lowest BCUT2D eigenvalue weighted by Gasteiger charge is -2.63. The molecular weight excluding hydrogens is 474 g/mol. The van der Waals surface area contributed by atoms with E-state index in [0.717, 1.165) is 64.5 Å². The Hall–Kier alpha value is -0.660. The maximum absolute atomic E-state index is 12.7. The SMILES string of the molecule is C[C@@H]1CC[C@@]2(C)[C@@H](C1)C[C@H](OS(=O)(=O)O)[C@@H]1[C@@H]2CC[C@]2(C)[C@@H]([C@H](C)CCC(=O)N3CCCC3)CC[C@@H]12. The summed E-state index contributed by atoms with van der Waals surface area (Å²) in [5.41, 5.74) is 0.382. The summed E-state index contributed by atoms with van der Waals surface area (Å²) < 4.78 is 39.2. The summed E-state index contributed by atoms with van der Waals surface area (Å²) in [5, 5.41) is 0. The van der Waals surface area contributed by atoms with Crippen molar-refractivity contribution in [1.29, 1.82) is 0 Å². The molecule has 0 radical (unpaired) electrons. The first-order valence-electron chi connectivity index (χ1n) is 14.9. The number of carbonyl (C=O) groups excluding carboxylic acids is 1. The van der Waals surface area contributed by atoms with Crippen LogP contribution in [0.15, 0.2) is 0 Å². The summed E-state index contributed by atoms with van der Waals surface area (Å²) in [6, 6.07) is 0. The maximum atomic E-state index is 12.7. The quantitative estimate of drug-likeness (QED) is 0.424. The molecule has 0 bridgehead atoms. The average molecular weight is 524 g/mol. The predicted molar refractivity (Wildman–Crippen MR) is 140 cm³/mol. The van der Waals surface area contributed by atoms with E-state index < -0.39 is 16.5 Å². The highest BCUT2D eigenvalue weighted by atomic mass is 32.3. The highest BCUT2D eigenvalue weighted by molar-refractivity contribution is 7.80. The fourth-order valence-electron chi connectivity index (χ4n) is 10.3. The van der Waals surface area contributed by atoms with Gasteiger partial charge in [-0.3, -0.25) is 9.35 Å². The van der Waals surface area contributed by atoms with Crippen LogP contribution < -0.4 is 0 Å². The van der Waals surface area contributed by atoms with Crippen LogP contribution in [0.4, 0.5) is 0 Å². The van der Waals surface area contributed by atoms with Crippen LogP contribution in [0.2, 0.25) is 0 Å². The molecule has 10 atom stereocenters. The van der Waals surface area contributed by atoms with Crippen LogP contribution in [0, 0.1) is 52.3 Å². The molecule has 4 saturated carbocycles. The van der Waals surface area contributed by atoms with Gasteiger partial charge in [0.1, 0.15) is 0 Å². The van der Waals surface area contributed by atoms with Crippen LogP contribution in [0.5, 0.6) is 0 Å². The first-order chi connectivity index (χ1) is 16.9. The molecule has 7 heteroatoms. The van der Waals surface area contributed by atoms with Crippen molar-refractivity contribution in [2.24, 2.45) is 52.3 Å². The Labute approximate surface area is 219 Å². The molecule has 206 valence electrons. The van der Waals surface area contributed by atoms with Crippen molar-refractivity contribution in [2.75, 3.05) is 13.1 Å². The Bertz CT molecular complexity index is 932. The van der Waals surface area contributed by atoms with Gasteiger partial charge in [-0.1, -0.05) is 34.1 Å². The second-order valence-corrected chi connectivity index (χ2v) is 15.1. The Morgan fingerprint density at radius 2 is 1.69 bits per heavy atom. The first kappa shape index (κ1) is 26.9. The lowest BCUT2D eigenvalue weighted by atomic mass is 9.43. The third kappa shape index (κ3) is 4.79. The third-order valence-electron chi connectivity index (χ3n) is 12.2. The number of likely N-dealkylation sites (tertiary alicyclic amines) is 1. The number of carbonyl (C=O) groups is 1. The zero-order chi connectivity index (χ0) is 25.9. The van der Waals surface area contributed by atoms with Crippen molar-refractivity contribution < 1.29 is 21.9 Å². The lowest BCUT2D eigenvalue weighted by molar-refractivity contribution is -0.162. The summed E-state index contributed by atoms with van der Waals surface area (Å²) in [5.74, 6) is 3.54. The Kier molecular flexibility index (Phi) is 7.35. The number of hydrogen-bond donors (Lipinski definition) is 1. The minimum atomic E-state index is -4.49. The van der Waals surface area contributed by atoms with Gasteiger partial charge in [0, 0.05) is 19.5 Å². The minimum Gasteiger partial charge on any atom is -0.343 e. The van der Waals surface area contributed by atoms with Crippen molar-refractivity contribution in [3.05, 3.63) is 0 Å². The molecule has 1 saturated heterocycles. The molecule has 5 rings (SSSR count). The van der Waals surface area contributed by atoms with Gasteiger partial charge in [-0.15, -0.1) is 0 Å². The molecule has 5 fully saturated rings. The molecule has 36 heavy (non-hydrogen) atoms. The van der Waals surface area contributed by atoms with Crippen molar-refractivity contribution in [3.8, 4) is 0 Å². The molecule has 1 heterocycles. The standard InChI is InChI=1S/C29H49NO5S/c1-19-11-13-28(3)21(17-19)18-25(35-36(32,33)34)27-23-9-8-22(29(23,4)14-12-24(27)28)20(2)7-10-26(31)30-15-5-6-16-30/h19-25,27H,5-18H2,1-4H3,(H,32,33,34)/t19-,20-,21+,22-,23+,24+,25+,27+,28+,29-/m1/s1. The molecule has 0 aromatic carbocycles. The molecule has 1 amide bonds. The molecule has 4 aliphatic carbocycles. The monoisotopic (exact) mass is 523 g/mol. The molecule has 0 aromatic heterocycles. The van der Waals surface area contributed by atoms with E-state index in [1.54, 1.807) is 0 Å². The highest BCUT2D eigenvalue weighted by Gasteiger charge is 2.63. The number of amides is 1. The van der Waals surface area contributed by atoms with E-state index in [9.17, 15) is 17.8 Å². The fourth-order valence-corrected chi connectivity index (χ4v) is 10.8. The van der Waals surface area contributed by atoms with Crippen LogP contribution in [0.1, 0.15) is 105 Å². The third-order valence-corrected chi connectivity index (χ3v) is 12.7. The van der Waals surface area contributed by atoms with Crippen LogP contribution in [0.3, 0.4) is 0 Å². The van der Waals surface area contributed by atoms with Gasteiger partial charge in [0.15, 0.2) is 0 Å². The fraction of sp³-hybridized carbons (Fsp3) is 0.966. The summed E-state index contributed by atoms with van der Waals surface area (Å²) in [4.78, 5) is 14.8. The highest BCUT2D eigenvalue weighted by Crippen LogP contribution is 2.69. The van der Waals surface area contributed by atoms with E-state index in [2.05, 4.69) is 27.7 Å². The van der Waals surface area contributed by atoms with Crippen LogP contribution in [-0.4, -0.2) is 43.0 Å². The van der Waals surface area contributed by atoms with Gasteiger partial charge in [-0.2, -0.15) is 8.42 Å². The molecule has 1 aliphatic heterocycles. The zero-order valence-electron chi connectivity index (χ0n) is 23.0. The van der Waals surface area contributed by atoms with Crippen molar-refractivity contribution in [1.82, 2.24) is 4.90 Å². The zero-order valence-corrected chi connectivity index (χ0v) is 23.8. The van der Waals surface area contributed by atoms with E-state index in [-0.39, 0.29) is 16.7 Å². The van der Waals surface area contributed by atoms with E-state index in [1.807, 2.05) is 4.90 Å². The Morgan fingerprint density at radius 1 is 1.03 bits per heavy atom. The maximum Gasteiger partial charge on any atom is 0.397 e. The first-order valence-corrected chi connectivity index (χ1v) is 16.2. The van der Waals surface area contributed by atoms with Gasteiger partial charge in [-0.05, 0) is 116 Å². The summed E-state index contributed by atoms with van der Waals surface area (Å²) in [7, 11) is -4.49. The van der Waals surface area contributed by atoms with Gasteiger partial charge in [0.2, 0.25) is 5.91 Å². The van der Waals surface area contributed by atoms with Crippen molar-refractivity contribution in [3.63, 3.8) is 0 Å². The molecule has 6 nitrogen and oxygen atoms in total. The smallest absolute Gasteiger partial charge is 0.343 e. The van der Waals surface area contributed by atoms with Crippen molar-refractivity contribution >= 4 is 16.3 Å². The lowest BCUT2D eigenvalue weighted by Crippen LogP contribution is -2.59. The minimum absolute atomic E-state index is 0.142. The summed E-state index contributed by atoms with van der Waals surface area (Å²) >= 11 is 0. The van der Waals surface area contributed by atoms with E-state index >= 15 is 0 Å². The number of hydrogen-bond acceptors (Lipinski definition) is 4. The normalized spacial score (nSPS) is 45.6. The molecule has 0 unspecified atom stereocenters. The van der Waals surface area contributed by atoms with Crippen LogP contribution >= 0.6 is 0 Å². The topological polar surface area (TPSA) is 83.9 Å². The van der Waals surface area contributed by atoms with E-state index in [4.69, 9.17) is 4.18 Å². The van der Waals surface area contributed by atoms with Gasteiger partial charge in [0.05, 0.1) is 6.10 Å². The van der Waals surface area contributed by atoms with Gasteiger partial charge >= 0.3 is 10.4 Å². The number of fused-ring (bicyclic) bond motifs is 5. The molecule has 1 N–H and O–H groups in total. The van der Waals surface area contributed by atoms with Crippen LogP contribution in [0.25, 0.3) is 0 Å². The number of rotatable bonds is 6. The average Bonchev–Trinajstić information content (AvgIpc) is 3.45. The molecule has 0 aromatic rings. The largest absolute Gasteiger partial charge is 0.397 e. The Morgan fingerprint density at radius 3 is 2.39 bits per heavy atom. The van der Waals surface area contributed by atoms with Crippen LogP contribution in [-0.2, 0) is 19.4 Å². The molecule has 0 spiro atoms. The van der Waals surface area contributed by atoms with Gasteiger partial charge in [-0.25, -0.2) is 4.18 Å². The second-order valence-electron chi connectivity index (χ2n) is 14.0. The molecular formula is C29H49NO5S. The van der Waals surface area contributed by atoms with Gasteiger partial charge < -0.3 is 4.90 Å². The van der Waals surface area contributed by atoms with Crippen molar-refractivity contribution in [2.45, 2.75) is 111 Å². The predicted octanol–water partition coefficient (Wildman–Crippen LogP) is 6.12. The summed E-state index contributed by atoms with van der Waals surface area (Å²) in [6.07, 6.45) is 12.4.